The van der Waals surface area contributed by atoms with E-state index < -0.39 is 0 Å². The summed E-state index contributed by atoms with van der Waals surface area (Å²) in [5, 5.41) is 3.31. The van der Waals surface area contributed by atoms with E-state index in [0.717, 1.165) is 31.9 Å². The lowest BCUT2D eigenvalue weighted by Crippen LogP contribution is -2.43. The van der Waals surface area contributed by atoms with E-state index in [2.05, 4.69) is 15.2 Å². The van der Waals surface area contributed by atoms with Crippen LogP contribution < -0.4 is 15.8 Å². The lowest BCUT2D eigenvalue weighted by molar-refractivity contribution is 0.588. The van der Waals surface area contributed by atoms with Crippen molar-refractivity contribution < 1.29 is 4.39 Å². The first kappa shape index (κ1) is 15.8. The van der Waals surface area contributed by atoms with E-state index in [-0.39, 0.29) is 11.4 Å². The van der Waals surface area contributed by atoms with E-state index in [1.165, 1.54) is 12.1 Å². The first-order valence-electron chi connectivity index (χ1n) is 8.37. The van der Waals surface area contributed by atoms with Crippen LogP contribution in [0.5, 0.6) is 0 Å². The van der Waals surface area contributed by atoms with Gasteiger partial charge in [0.05, 0.1) is 11.4 Å². The molecule has 1 fully saturated rings. The van der Waals surface area contributed by atoms with Crippen LogP contribution >= 0.6 is 0 Å². The number of hydrogen-bond donors (Lipinski definition) is 1. The topological polar surface area (TPSA) is 49.6 Å². The Labute approximate surface area is 144 Å². The Hall–Kier alpha value is -2.73. The van der Waals surface area contributed by atoms with Gasteiger partial charge in [0, 0.05) is 44.0 Å². The summed E-state index contributed by atoms with van der Waals surface area (Å²) in [6.45, 7) is 5.40. The predicted molar refractivity (Wildman–Crippen MR) is 96.7 cm³/mol. The molecule has 0 saturated carbocycles. The van der Waals surface area contributed by atoms with Gasteiger partial charge >= 0.3 is 0 Å². The predicted octanol–water partition coefficient (Wildman–Crippen LogP) is 2.22. The first-order valence-corrected chi connectivity index (χ1v) is 8.37. The molecule has 2 aromatic heterocycles. The van der Waals surface area contributed by atoms with Gasteiger partial charge < -0.3 is 10.2 Å². The summed E-state index contributed by atoms with van der Waals surface area (Å²) in [5.74, 6) is -0.298. The molecule has 0 bridgehead atoms. The van der Waals surface area contributed by atoms with Gasteiger partial charge in [0.25, 0.3) is 5.56 Å². The Morgan fingerprint density at radius 1 is 1.12 bits per heavy atom. The molecule has 0 aliphatic carbocycles. The number of pyridine rings is 1. The number of piperazine rings is 1. The van der Waals surface area contributed by atoms with Crippen LogP contribution in [0.4, 0.5) is 10.1 Å². The fraction of sp³-hybridized carbons (Fsp3) is 0.263. The minimum absolute atomic E-state index is 0.169. The average molecular weight is 338 g/mol. The van der Waals surface area contributed by atoms with Crippen LogP contribution in [-0.2, 0) is 0 Å². The number of rotatable bonds is 2. The largest absolute Gasteiger partial charge is 0.368 e. The Morgan fingerprint density at radius 2 is 1.92 bits per heavy atom. The third-order valence-corrected chi connectivity index (χ3v) is 4.59. The van der Waals surface area contributed by atoms with Gasteiger partial charge in [-0.15, -0.1) is 0 Å². The summed E-state index contributed by atoms with van der Waals surface area (Å²) in [4.78, 5) is 19.3. The van der Waals surface area contributed by atoms with Gasteiger partial charge in [-0.05, 0) is 30.7 Å². The van der Waals surface area contributed by atoms with Crippen LogP contribution in [0, 0.1) is 12.7 Å². The smallest absolute Gasteiger partial charge is 0.258 e. The summed E-state index contributed by atoms with van der Waals surface area (Å²) >= 11 is 0. The maximum Gasteiger partial charge on any atom is 0.258 e. The Balaban J connectivity index is 1.77. The highest BCUT2D eigenvalue weighted by atomic mass is 19.1. The molecule has 1 saturated heterocycles. The number of nitrogens with zero attached hydrogens (tertiary/aromatic N) is 3. The number of fused-ring (bicyclic) bond motifs is 1. The Bertz CT molecular complexity index is 992. The second kappa shape index (κ2) is 6.29. The highest BCUT2D eigenvalue weighted by molar-refractivity contribution is 5.63. The number of halogens is 1. The van der Waals surface area contributed by atoms with Gasteiger partial charge in [0.2, 0.25) is 0 Å². The molecule has 0 unspecified atom stereocenters. The standard InChI is InChI=1S/C19H19FN4O/c1-13-2-3-14(10-16(13)20)17-11-19(25)24-12-15(4-5-18(24)22-17)23-8-6-21-7-9-23/h2-5,10-12,21H,6-9H2,1H3. The van der Waals surface area contributed by atoms with Crippen molar-refractivity contribution in [1.82, 2.24) is 14.7 Å². The number of hydrogen-bond acceptors (Lipinski definition) is 4. The van der Waals surface area contributed by atoms with Gasteiger partial charge in [-0.2, -0.15) is 0 Å². The SMILES string of the molecule is Cc1ccc(-c2cc(=O)n3cc(N4CCNCC4)ccc3n2)cc1F. The summed E-state index contributed by atoms with van der Waals surface area (Å²) in [5.41, 5.74) is 3.06. The van der Waals surface area contributed by atoms with Crippen molar-refractivity contribution in [3.8, 4) is 11.3 Å². The molecule has 0 amide bonds. The molecular weight excluding hydrogens is 319 g/mol. The van der Waals surface area contributed by atoms with Gasteiger partial charge in [-0.1, -0.05) is 12.1 Å². The number of aryl methyl sites for hydroxylation is 1. The highest BCUT2D eigenvalue weighted by Gasteiger charge is 2.12. The zero-order valence-corrected chi connectivity index (χ0v) is 14.0. The second-order valence-electron chi connectivity index (χ2n) is 6.30. The number of aromatic nitrogens is 2. The quantitative estimate of drug-likeness (QED) is 0.778. The van der Waals surface area contributed by atoms with E-state index in [1.54, 1.807) is 23.5 Å². The van der Waals surface area contributed by atoms with Gasteiger partial charge in [-0.25, -0.2) is 9.37 Å². The summed E-state index contributed by atoms with van der Waals surface area (Å²) in [6.07, 6.45) is 1.83. The van der Waals surface area contributed by atoms with Crippen LogP contribution in [0.15, 0.2) is 47.4 Å². The minimum Gasteiger partial charge on any atom is -0.368 e. The van der Waals surface area contributed by atoms with E-state index in [9.17, 15) is 9.18 Å². The lowest BCUT2D eigenvalue weighted by atomic mass is 10.1. The molecule has 5 nitrogen and oxygen atoms in total. The molecule has 4 rings (SSSR count). The summed E-state index contributed by atoms with van der Waals surface area (Å²) < 4.78 is 15.4. The number of anilines is 1. The first-order chi connectivity index (χ1) is 12.1. The third-order valence-electron chi connectivity index (χ3n) is 4.59. The number of benzene rings is 1. The minimum atomic E-state index is -0.298. The Morgan fingerprint density at radius 3 is 2.68 bits per heavy atom. The van der Waals surface area contributed by atoms with Crippen LogP contribution in [0.1, 0.15) is 5.56 Å². The normalized spacial score (nSPS) is 14.9. The third kappa shape index (κ3) is 3.00. The van der Waals surface area contributed by atoms with E-state index in [0.29, 0.717) is 22.5 Å². The van der Waals surface area contributed by atoms with Crippen LogP contribution in [-0.4, -0.2) is 35.6 Å². The van der Waals surface area contributed by atoms with Crippen LogP contribution in [0.25, 0.3) is 16.9 Å². The van der Waals surface area contributed by atoms with Crippen molar-refractivity contribution in [3.63, 3.8) is 0 Å². The van der Waals surface area contributed by atoms with E-state index in [4.69, 9.17) is 0 Å². The Kier molecular flexibility index (Phi) is 3.97. The van der Waals surface area contributed by atoms with E-state index in [1.807, 2.05) is 18.3 Å². The zero-order valence-electron chi connectivity index (χ0n) is 14.0. The van der Waals surface area contributed by atoms with Gasteiger partial charge in [-0.3, -0.25) is 9.20 Å². The highest BCUT2D eigenvalue weighted by Crippen LogP contribution is 2.21. The maximum atomic E-state index is 13.8. The van der Waals surface area contributed by atoms with Gasteiger partial charge in [0.15, 0.2) is 0 Å². The fourth-order valence-corrected chi connectivity index (χ4v) is 3.10. The molecule has 1 N–H and O–H groups in total. The maximum absolute atomic E-state index is 13.8. The monoisotopic (exact) mass is 338 g/mol. The second-order valence-corrected chi connectivity index (χ2v) is 6.30. The van der Waals surface area contributed by atoms with Crippen molar-refractivity contribution >= 4 is 11.3 Å². The van der Waals surface area contributed by atoms with Crippen molar-refractivity contribution in [3.05, 3.63) is 64.3 Å². The molecule has 25 heavy (non-hydrogen) atoms. The average Bonchev–Trinajstić information content (AvgIpc) is 2.64. The summed E-state index contributed by atoms with van der Waals surface area (Å²) in [7, 11) is 0. The van der Waals surface area contributed by atoms with Crippen LogP contribution in [0.2, 0.25) is 0 Å². The van der Waals surface area contributed by atoms with Crippen molar-refractivity contribution in [1.29, 1.82) is 0 Å². The fourth-order valence-electron chi connectivity index (χ4n) is 3.10. The summed E-state index contributed by atoms with van der Waals surface area (Å²) in [6, 6.07) is 10.2. The molecule has 128 valence electrons. The van der Waals surface area contributed by atoms with E-state index >= 15 is 0 Å². The van der Waals surface area contributed by atoms with Crippen molar-refractivity contribution in [2.75, 3.05) is 31.1 Å². The molecule has 0 atom stereocenters. The molecule has 3 heterocycles. The molecule has 6 heteroatoms. The molecule has 1 aliphatic rings. The molecule has 0 radical (unpaired) electrons. The zero-order chi connectivity index (χ0) is 17.4. The number of nitrogens with one attached hydrogen (secondary N) is 1. The molecular formula is C19H19FN4O. The lowest BCUT2D eigenvalue weighted by Gasteiger charge is -2.29. The molecule has 0 spiro atoms. The van der Waals surface area contributed by atoms with Gasteiger partial charge in [0.1, 0.15) is 11.5 Å². The van der Waals surface area contributed by atoms with Crippen molar-refractivity contribution in [2.24, 2.45) is 0 Å². The molecule has 1 aromatic carbocycles. The molecule has 3 aromatic rings. The van der Waals surface area contributed by atoms with Crippen LogP contribution in [0.3, 0.4) is 0 Å². The molecule has 1 aliphatic heterocycles. The van der Waals surface area contributed by atoms with Crippen molar-refractivity contribution in [2.45, 2.75) is 6.92 Å².